The Labute approximate surface area is 171 Å². The average Bonchev–Trinajstić information content (AvgIpc) is 2.61. The molecule has 2 rings (SSSR count). The van der Waals surface area contributed by atoms with Gasteiger partial charge in [-0.1, -0.05) is 66.5 Å². The van der Waals surface area contributed by atoms with Crippen molar-refractivity contribution in [1.29, 1.82) is 0 Å². The number of hydrogen-bond donors (Lipinski definition) is 3. The molecule has 4 nitrogen and oxygen atoms in total. The van der Waals surface area contributed by atoms with Crippen molar-refractivity contribution in [3.63, 3.8) is 0 Å². The first-order valence-electron chi connectivity index (χ1n) is 8.99. The molecular weight excluding hydrogens is 404 g/mol. The van der Waals surface area contributed by atoms with Crippen LogP contribution in [0.15, 0.2) is 48.5 Å². The van der Waals surface area contributed by atoms with Crippen LogP contribution in [0.5, 0.6) is 0 Å². The minimum atomic E-state index is -3.44. The topological polar surface area (TPSA) is 69.6 Å². The summed E-state index contributed by atoms with van der Waals surface area (Å²) < 4.78 is 12.4. The Balaban J connectivity index is 1.84. The van der Waals surface area contributed by atoms with E-state index in [1.807, 2.05) is 49.4 Å². The summed E-state index contributed by atoms with van der Waals surface area (Å²) in [5.74, 6) is 0. The van der Waals surface area contributed by atoms with Crippen molar-refractivity contribution >= 4 is 30.6 Å². The number of halogens is 2. The van der Waals surface area contributed by atoms with Crippen molar-refractivity contribution in [2.75, 3.05) is 12.7 Å². The second kappa shape index (κ2) is 10.6. The summed E-state index contributed by atoms with van der Waals surface area (Å²) in [7, 11) is -3.44. The molecule has 0 saturated carbocycles. The number of aliphatic hydroxyl groups is 1. The van der Waals surface area contributed by atoms with E-state index in [1.54, 1.807) is 6.07 Å². The van der Waals surface area contributed by atoms with Gasteiger partial charge in [0.1, 0.15) is 0 Å². The molecule has 0 aliphatic heterocycles. The van der Waals surface area contributed by atoms with E-state index in [-0.39, 0.29) is 24.9 Å². The first-order chi connectivity index (χ1) is 12.8. The number of rotatable bonds is 10. The van der Waals surface area contributed by atoms with E-state index >= 15 is 0 Å². The van der Waals surface area contributed by atoms with Crippen molar-refractivity contribution in [1.82, 2.24) is 5.32 Å². The molecule has 0 radical (unpaired) electrons. The highest BCUT2D eigenvalue weighted by Crippen LogP contribution is 2.44. The van der Waals surface area contributed by atoms with Crippen molar-refractivity contribution in [3.8, 4) is 0 Å². The Morgan fingerprint density at radius 2 is 1.78 bits per heavy atom. The van der Waals surface area contributed by atoms with Crippen LogP contribution in [0, 0.1) is 0 Å². The van der Waals surface area contributed by atoms with Crippen LogP contribution in [0.3, 0.4) is 0 Å². The Morgan fingerprint density at radius 1 is 1.07 bits per heavy atom. The van der Waals surface area contributed by atoms with Crippen LogP contribution in [0.25, 0.3) is 0 Å². The molecule has 2 aromatic rings. The Morgan fingerprint density at radius 3 is 2.41 bits per heavy atom. The smallest absolute Gasteiger partial charge is 0.207 e. The molecule has 0 aliphatic carbocycles. The molecule has 0 heterocycles. The van der Waals surface area contributed by atoms with E-state index in [2.05, 4.69) is 5.32 Å². The first kappa shape index (κ1) is 22.4. The van der Waals surface area contributed by atoms with Gasteiger partial charge in [-0.05, 0) is 36.1 Å². The Hall–Kier alpha value is -0.870. The van der Waals surface area contributed by atoms with Crippen LogP contribution in [-0.4, -0.2) is 34.9 Å². The van der Waals surface area contributed by atoms with Gasteiger partial charge in [-0.15, -0.1) is 0 Å². The molecule has 2 unspecified atom stereocenters. The van der Waals surface area contributed by atoms with E-state index in [9.17, 15) is 14.6 Å². The molecule has 148 valence electrons. The Bertz CT molecular complexity index is 773. The zero-order chi connectivity index (χ0) is 19.9. The van der Waals surface area contributed by atoms with Crippen LogP contribution in [0.4, 0.5) is 0 Å². The van der Waals surface area contributed by atoms with Gasteiger partial charge in [0.25, 0.3) is 0 Å². The molecule has 0 amide bonds. The molecule has 0 aromatic heterocycles. The molecule has 0 bridgehead atoms. The summed E-state index contributed by atoms with van der Waals surface area (Å²) >= 11 is 12.0. The lowest BCUT2D eigenvalue weighted by Crippen LogP contribution is -2.38. The van der Waals surface area contributed by atoms with Gasteiger partial charge in [0.15, 0.2) is 0 Å². The number of nitrogens with one attached hydrogen (secondary N) is 1. The molecule has 3 atom stereocenters. The second-order valence-electron chi connectivity index (χ2n) is 6.79. The van der Waals surface area contributed by atoms with Gasteiger partial charge in [0.2, 0.25) is 7.37 Å². The highest BCUT2D eigenvalue weighted by atomic mass is 35.5. The Kier molecular flexibility index (Phi) is 8.81. The third-order valence-corrected chi connectivity index (χ3v) is 6.96. The standard InChI is InChI=1S/C20H26Cl2NO3P/c1-2-17(10-16-8-9-19(21)20(22)11-16)23-12-18(24)14-27(25,26)13-15-6-4-3-5-7-15/h3-9,11,17-18,23-24H,2,10,12-14H2,1H3,(H,25,26)/t17?,18-/m0/s1. The summed E-state index contributed by atoms with van der Waals surface area (Å²) in [5.41, 5.74) is 1.85. The van der Waals surface area contributed by atoms with Crippen LogP contribution in [0.2, 0.25) is 10.0 Å². The van der Waals surface area contributed by atoms with Crippen LogP contribution < -0.4 is 5.32 Å². The molecule has 0 spiro atoms. The fraction of sp³-hybridized carbons (Fsp3) is 0.400. The highest BCUT2D eigenvalue weighted by Gasteiger charge is 2.24. The highest BCUT2D eigenvalue weighted by molar-refractivity contribution is 7.57. The molecular formula is C20H26Cl2NO3P. The number of aliphatic hydroxyl groups excluding tert-OH is 1. The van der Waals surface area contributed by atoms with Crippen LogP contribution in [-0.2, 0) is 17.1 Å². The molecule has 27 heavy (non-hydrogen) atoms. The number of hydrogen-bond acceptors (Lipinski definition) is 3. The lowest BCUT2D eigenvalue weighted by atomic mass is 10.0. The maximum atomic E-state index is 12.4. The first-order valence-corrected chi connectivity index (χ1v) is 11.8. The van der Waals surface area contributed by atoms with Crippen LogP contribution >= 0.6 is 30.6 Å². The van der Waals surface area contributed by atoms with Gasteiger partial charge in [-0.2, -0.15) is 0 Å². The molecule has 0 fully saturated rings. The SMILES string of the molecule is CCC(Cc1ccc(Cl)c(Cl)c1)NC[C@H](O)CP(=O)(O)Cc1ccccc1. The van der Waals surface area contributed by atoms with Gasteiger partial charge in [-0.25, -0.2) is 0 Å². The van der Waals surface area contributed by atoms with Gasteiger partial charge in [-0.3, -0.25) is 4.57 Å². The van der Waals surface area contributed by atoms with E-state index in [4.69, 9.17) is 23.2 Å². The predicted octanol–water partition coefficient (Wildman–Crippen LogP) is 4.74. The van der Waals surface area contributed by atoms with Gasteiger partial charge in [0.05, 0.1) is 22.3 Å². The average molecular weight is 430 g/mol. The molecule has 3 N–H and O–H groups in total. The van der Waals surface area contributed by atoms with E-state index in [0.717, 1.165) is 24.0 Å². The summed E-state index contributed by atoms with van der Waals surface area (Å²) in [6, 6.07) is 14.8. The largest absolute Gasteiger partial charge is 0.391 e. The number of benzene rings is 2. The summed E-state index contributed by atoms with van der Waals surface area (Å²) in [5, 5.41) is 14.5. The fourth-order valence-corrected chi connectivity index (χ4v) is 4.96. The molecule has 7 heteroatoms. The van der Waals surface area contributed by atoms with Crippen molar-refractivity contribution in [2.45, 2.75) is 38.1 Å². The maximum absolute atomic E-state index is 12.4. The van der Waals surface area contributed by atoms with Gasteiger partial charge in [0, 0.05) is 18.7 Å². The van der Waals surface area contributed by atoms with Crippen molar-refractivity contribution in [2.24, 2.45) is 0 Å². The summed E-state index contributed by atoms with van der Waals surface area (Å²) in [4.78, 5) is 10.2. The minimum Gasteiger partial charge on any atom is -0.391 e. The zero-order valence-electron chi connectivity index (χ0n) is 15.3. The van der Waals surface area contributed by atoms with E-state index in [1.165, 1.54) is 0 Å². The maximum Gasteiger partial charge on any atom is 0.207 e. The summed E-state index contributed by atoms with van der Waals surface area (Å²) in [6.45, 7) is 2.31. The van der Waals surface area contributed by atoms with Crippen molar-refractivity contribution in [3.05, 3.63) is 69.7 Å². The van der Waals surface area contributed by atoms with E-state index < -0.39 is 13.5 Å². The molecule has 0 saturated heterocycles. The van der Waals surface area contributed by atoms with Crippen molar-refractivity contribution < 1.29 is 14.6 Å². The molecule has 0 aliphatic rings. The summed E-state index contributed by atoms with van der Waals surface area (Å²) in [6.07, 6.45) is 0.658. The quantitative estimate of drug-likeness (QED) is 0.477. The fourth-order valence-electron chi connectivity index (χ4n) is 2.94. The monoisotopic (exact) mass is 429 g/mol. The predicted molar refractivity (Wildman–Crippen MR) is 113 cm³/mol. The lowest BCUT2D eigenvalue weighted by Gasteiger charge is -2.21. The third-order valence-electron chi connectivity index (χ3n) is 4.37. The van der Waals surface area contributed by atoms with Crippen LogP contribution in [0.1, 0.15) is 24.5 Å². The minimum absolute atomic E-state index is 0.0748. The van der Waals surface area contributed by atoms with Gasteiger partial charge < -0.3 is 15.3 Å². The zero-order valence-corrected chi connectivity index (χ0v) is 17.7. The normalized spacial score (nSPS) is 15.9. The lowest BCUT2D eigenvalue weighted by molar-refractivity contribution is 0.184. The van der Waals surface area contributed by atoms with Gasteiger partial charge >= 0.3 is 0 Å². The van der Waals surface area contributed by atoms with E-state index in [0.29, 0.717) is 10.0 Å². The second-order valence-corrected chi connectivity index (χ2v) is 9.98. The molecule has 2 aromatic carbocycles. The third kappa shape index (κ3) is 7.95.